The van der Waals surface area contributed by atoms with Gasteiger partial charge in [-0.25, -0.2) is 0 Å². The van der Waals surface area contributed by atoms with Crippen molar-refractivity contribution in [3.05, 3.63) is 0 Å². The van der Waals surface area contributed by atoms with E-state index in [0.717, 1.165) is 25.9 Å². The minimum absolute atomic E-state index is 0.00842. The molecule has 1 amide bonds. The molecule has 1 fully saturated rings. The first kappa shape index (κ1) is 14.5. The summed E-state index contributed by atoms with van der Waals surface area (Å²) in [5.41, 5.74) is 5.70. The molecule has 0 aliphatic carbocycles. The quantitative estimate of drug-likeness (QED) is 0.791. The van der Waals surface area contributed by atoms with E-state index in [1.54, 1.807) is 0 Å². The number of hydrogen-bond donors (Lipinski definition) is 1. The van der Waals surface area contributed by atoms with Crippen molar-refractivity contribution in [2.45, 2.75) is 32.7 Å². The van der Waals surface area contributed by atoms with E-state index in [1.165, 1.54) is 0 Å². The van der Waals surface area contributed by atoms with Gasteiger partial charge in [0.1, 0.15) is 0 Å². The lowest BCUT2D eigenvalue weighted by Gasteiger charge is -2.37. The molecule has 1 saturated heterocycles. The fourth-order valence-electron chi connectivity index (χ4n) is 2.50. The van der Waals surface area contributed by atoms with E-state index in [9.17, 15) is 4.79 Å². The van der Waals surface area contributed by atoms with Crippen LogP contribution >= 0.6 is 0 Å². The van der Waals surface area contributed by atoms with Gasteiger partial charge < -0.3 is 15.5 Å². The lowest BCUT2D eigenvalue weighted by molar-refractivity contribution is -0.138. The second-order valence-electron chi connectivity index (χ2n) is 5.61. The van der Waals surface area contributed by atoms with Crippen molar-refractivity contribution in [3.8, 4) is 0 Å². The van der Waals surface area contributed by atoms with Crippen LogP contribution in [0.15, 0.2) is 0 Å². The highest BCUT2D eigenvalue weighted by Gasteiger charge is 2.29. The molecule has 0 radical (unpaired) electrons. The summed E-state index contributed by atoms with van der Waals surface area (Å²) in [4.78, 5) is 16.5. The average Bonchev–Trinajstić information content (AvgIpc) is 2.29. The summed E-state index contributed by atoms with van der Waals surface area (Å²) in [6, 6.07) is 0.620. The second kappa shape index (κ2) is 6.36. The molecule has 100 valence electrons. The molecule has 0 bridgehead atoms. The van der Waals surface area contributed by atoms with Crippen LogP contribution in [0.5, 0.6) is 0 Å². The van der Waals surface area contributed by atoms with Gasteiger partial charge in [0.15, 0.2) is 0 Å². The molecule has 1 unspecified atom stereocenters. The Labute approximate surface area is 105 Å². The maximum Gasteiger partial charge on any atom is 0.227 e. The molecular formula is C13H27N3O. The third-order valence-electron chi connectivity index (χ3n) is 3.88. The van der Waals surface area contributed by atoms with E-state index in [1.807, 2.05) is 4.90 Å². The highest BCUT2D eigenvalue weighted by molar-refractivity contribution is 5.79. The van der Waals surface area contributed by atoms with Crippen LogP contribution in [0.25, 0.3) is 0 Å². The fraction of sp³-hybridized carbons (Fsp3) is 0.923. The van der Waals surface area contributed by atoms with E-state index in [2.05, 4.69) is 32.8 Å². The molecule has 1 aliphatic rings. The third kappa shape index (κ3) is 3.68. The number of hydrogen-bond acceptors (Lipinski definition) is 3. The lowest BCUT2D eigenvalue weighted by atomic mass is 9.93. The maximum absolute atomic E-state index is 12.3. The van der Waals surface area contributed by atoms with Crippen molar-refractivity contribution >= 4 is 5.91 Å². The number of nitrogens with two attached hydrogens (primary N) is 1. The van der Waals surface area contributed by atoms with Crippen LogP contribution in [0.4, 0.5) is 0 Å². The van der Waals surface area contributed by atoms with Gasteiger partial charge in [-0.3, -0.25) is 4.79 Å². The summed E-state index contributed by atoms with van der Waals surface area (Å²) in [5.74, 6) is 0.574. The third-order valence-corrected chi connectivity index (χ3v) is 3.88. The summed E-state index contributed by atoms with van der Waals surface area (Å²) in [6.45, 7) is 6.36. The van der Waals surface area contributed by atoms with Crippen LogP contribution < -0.4 is 5.73 Å². The van der Waals surface area contributed by atoms with Gasteiger partial charge in [-0.2, -0.15) is 0 Å². The predicted octanol–water partition coefficient (Wildman–Crippen LogP) is 0.770. The summed E-state index contributed by atoms with van der Waals surface area (Å²) in [5, 5.41) is 0. The minimum atomic E-state index is -0.00842. The zero-order valence-electron chi connectivity index (χ0n) is 11.6. The van der Waals surface area contributed by atoms with Crippen molar-refractivity contribution in [2.24, 2.45) is 17.6 Å². The number of likely N-dealkylation sites (tertiary alicyclic amines) is 1. The Balaban J connectivity index is 2.50. The summed E-state index contributed by atoms with van der Waals surface area (Å²) >= 11 is 0. The Morgan fingerprint density at radius 3 is 2.24 bits per heavy atom. The van der Waals surface area contributed by atoms with Crippen molar-refractivity contribution in [1.29, 1.82) is 0 Å². The molecule has 1 heterocycles. The molecule has 17 heavy (non-hydrogen) atoms. The van der Waals surface area contributed by atoms with E-state index in [0.29, 0.717) is 18.5 Å². The molecule has 0 aromatic carbocycles. The predicted molar refractivity (Wildman–Crippen MR) is 70.7 cm³/mol. The number of carbonyl (C=O) groups excluding carboxylic acids is 1. The van der Waals surface area contributed by atoms with Gasteiger partial charge in [-0.1, -0.05) is 13.8 Å². The van der Waals surface area contributed by atoms with Gasteiger partial charge in [0, 0.05) is 25.7 Å². The number of piperidine rings is 1. The van der Waals surface area contributed by atoms with Crippen LogP contribution in [0.2, 0.25) is 0 Å². The van der Waals surface area contributed by atoms with E-state index < -0.39 is 0 Å². The summed E-state index contributed by atoms with van der Waals surface area (Å²) < 4.78 is 0. The smallest absolute Gasteiger partial charge is 0.227 e. The first-order valence-corrected chi connectivity index (χ1v) is 6.62. The molecule has 1 atom stereocenters. The van der Waals surface area contributed by atoms with E-state index >= 15 is 0 Å². The van der Waals surface area contributed by atoms with Crippen molar-refractivity contribution < 1.29 is 4.79 Å². The van der Waals surface area contributed by atoms with Gasteiger partial charge in [0.25, 0.3) is 0 Å². The first-order chi connectivity index (χ1) is 7.97. The van der Waals surface area contributed by atoms with Crippen molar-refractivity contribution in [2.75, 3.05) is 33.7 Å². The molecule has 1 aliphatic heterocycles. The largest absolute Gasteiger partial charge is 0.342 e. The Bertz CT molecular complexity index is 245. The topological polar surface area (TPSA) is 49.6 Å². The maximum atomic E-state index is 12.3. The normalized spacial score (nSPS) is 20.1. The SMILES string of the molecule is CC(C)C(CN)C(=O)N1CCC(N(C)C)CC1. The minimum Gasteiger partial charge on any atom is -0.342 e. The molecule has 2 N–H and O–H groups in total. The molecule has 4 heteroatoms. The fourth-order valence-corrected chi connectivity index (χ4v) is 2.50. The Morgan fingerprint density at radius 1 is 1.35 bits per heavy atom. The zero-order valence-corrected chi connectivity index (χ0v) is 11.6. The van der Waals surface area contributed by atoms with Crippen LogP contribution in [0.1, 0.15) is 26.7 Å². The van der Waals surface area contributed by atoms with Crippen molar-refractivity contribution in [1.82, 2.24) is 9.80 Å². The molecular weight excluding hydrogens is 214 g/mol. The number of rotatable bonds is 4. The van der Waals surface area contributed by atoms with Crippen molar-refractivity contribution in [3.63, 3.8) is 0 Å². The van der Waals surface area contributed by atoms with Crippen LogP contribution in [-0.4, -0.2) is 55.5 Å². The molecule has 0 aromatic rings. The van der Waals surface area contributed by atoms with Gasteiger partial charge in [-0.05, 0) is 32.9 Å². The highest BCUT2D eigenvalue weighted by Crippen LogP contribution is 2.19. The summed E-state index contributed by atoms with van der Waals surface area (Å²) in [7, 11) is 4.22. The molecule has 0 saturated carbocycles. The Kier molecular flexibility index (Phi) is 5.40. The van der Waals surface area contributed by atoms with Crippen LogP contribution in [-0.2, 0) is 4.79 Å². The Hall–Kier alpha value is -0.610. The number of carbonyl (C=O) groups is 1. The van der Waals surface area contributed by atoms with Gasteiger partial charge >= 0.3 is 0 Å². The second-order valence-corrected chi connectivity index (χ2v) is 5.61. The first-order valence-electron chi connectivity index (χ1n) is 6.62. The van der Waals surface area contributed by atoms with Crippen LogP contribution in [0, 0.1) is 11.8 Å². The van der Waals surface area contributed by atoms with Gasteiger partial charge in [0.05, 0.1) is 5.92 Å². The van der Waals surface area contributed by atoms with Gasteiger partial charge in [0.2, 0.25) is 5.91 Å². The average molecular weight is 241 g/mol. The number of nitrogens with zero attached hydrogens (tertiary/aromatic N) is 2. The highest BCUT2D eigenvalue weighted by atomic mass is 16.2. The molecule has 4 nitrogen and oxygen atoms in total. The lowest BCUT2D eigenvalue weighted by Crippen LogP contribution is -2.48. The molecule has 1 rings (SSSR count). The zero-order chi connectivity index (χ0) is 13.0. The number of amides is 1. The summed E-state index contributed by atoms with van der Waals surface area (Å²) in [6.07, 6.45) is 2.16. The van der Waals surface area contributed by atoms with E-state index in [-0.39, 0.29) is 11.8 Å². The van der Waals surface area contributed by atoms with Gasteiger partial charge in [-0.15, -0.1) is 0 Å². The van der Waals surface area contributed by atoms with E-state index in [4.69, 9.17) is 5.73 Å². The monoisotopic (exact) mass is 241 g/mol. The molecule has 0 spiro atoms. The standard InChI is InChI=1S/C13H27N3O/c1-10(2)12(9-14)13(17)16-7-5-11(6-8-16)15(3)4/h10-12H,5-9,14H2,1-4H3. The van der Waals surface area contributed by atoms with Crippen LogP contribution in [0.3, 0.4) is 0 Å². The molecule has 0 aromatic heterocycles. The Morgan fingerprint density at radius 2 is 1.88 bits per heavy atom.